The van der Waals surface area contributed by atoms with Crippen molar-refractivity contribution in [1.29, 1.82) is 0 Å². The number of benzene rings is 3. The van der Waals surface area contributed by atoms with Crippen LogP contribution in [0.2, 0.25) is 0 Å². The predicted molar refractivity (Wildman–Crippen MR) is 468 cm³/mol. The van der Waals surface area contributed by atoms with Crippen molar-refractivity contribution in [1.82, 2.24) is 0 Å². The minimum Gasteiger partial charge on any atom is -0.507 e. The normalized spacial score (nSPS) is 12.9. The summed E-state index contributed by atoms with van der Waals surface area (Å²) in [5, 5.41) is 37.7. The van der Waals surface area contributed by atoms with Crippen LogP contribution in [0.4, 0.5) is 0 Å². The number of phosphoric ester groups is 1. The van der Waals surface area contributed by atoms with Gasteiger partial charge in [-0.1, -0.05) is 434 Å². The number of phenols is 3. The standard InChI is InChI=1S/C99H177O7P/c1-22-25-28-31-34-37-40-43-46-49-52-55-58-61-64-67-70-82-79(73-85(94(4,5)6)91(100)88(82)97(13,14)15)76-104-107(103,105-77-80-74-86(95(7,8)9)92(101)89(98(16,17)18)83(80)71-68-65-62-59-56-53-50-47-44-41-38-35-32-29-26-23-2)106-78-81-75-87(96(10,11)12)93(102)90(99(19,20)21)84(81)72-69-66-63-60-57-54-51-48-45-42-39-36-33-30-27-24-3/h73-75,100-102H,22-72,76-78H2,1-21H3. The number of aromatic hydroxyl groups is 3. The highest BCUT2D eigenvalue weighted by atomic mass is 31.2. The fraction of sp³-hybridized carbons (Fsp3) is 0.818. The maximum absolute atomic E-state index is 16.7. The van der Waals surface area contributed by atoms with Gasteiger partial charge in [0.1, 0.15) is 17.2 Å². The molecule has 0 bridgehead atoms. The molecule has 3 aromatic rings. The summed E-state index contributed by atoms with van der Waals surface area (Å²) < 4.78 is 37.8. The molecular formula is C99H177O7P. The molecule has 8 heteroatoms. The smallest absolute Gasteiger partial charge is 0.475 e. The van der Waals surface area contributed by atoms with E-state index in [0.717, 1.165) is 125 Å². The average Bonchev–Trinajstić information content (AvgIpc) is 0.773. The maximum Gasteiger partial charge on any atom is 0.475 e. The van der Waals surface area contributed by atoms with Crippen LogP contribution < -0.4 is 0 Å². The highest BCUT2D eigenvalue weighted by Crippen LogP contribution is 2.55. The molecule has 620 valence electrons. The van der Waals surface area contributed by atoms with Gasteiger partial charge in [0, 0.05) is 16.7 Å². The molecule has 0 fully saturated rings. The minimum atomic E-state index is -4.53. The van der Waals surface area contributed by atoms with E-state index in [-0.39, 0.29) is 19.8 Å². The van der Waals surface area contributed by atoms with Crippen LogP contribution in [-0.4, -0.2) is 15.3 Å². The number of phenolic OH excluding ortho intramolecular Hbond substituents is 3. The summed E-state index contributed by atoms with van der Waals surface area (Å²) in [7, 11) is -4.53. The first-order valence-electron chi connectivity index (χ1n) is 45.7. The first kappa shape index (κ1) is 98.4. The summed E-state index contributed by atoms with van der Waals surface area (Å²) in [5.74, 6) is 1.04. The van der Waals surface area contributed by atoms with Crippen molar-refractivity contribution in [3.05, 3.63) is 85.0 Å². The van der Waals surface area contributed by atoms with Crippen LogP contribution in [0, 0.1) is 0 Å². The van der Waals surface area contributed by atoms with Crippen molar-refractivity contribution in [2.24, 2.45) is 0 Å². The molecular weight excluding hydrogens is 1330 g/mol. The van der Waals surface area contributed by atoms with Crippen molar-refractivity contribution >= 4 is 7.82 Å². The molecule has 3 aromatic carbocycles. The molecule has 0 unspecified atom stereocenters. The first-order chi connectivity index (χ1) is 50.5. The van der Waals surface area contributed by atoms with Crippen molar-refractivity contribution in [3.8, 4) is 17.2 Å². The molecule has 0 heterocycles. The number of hydrogen-bond acceptors (Lipinski definition) is 7. The molecule has 0 saturated carbocycles. The van der Waals surface area contributed by atoms with E-state index in [2.05, 4.69) is 164 Å². The zero-order chi connectivity index (χ0) is 79.6. The second-order valence-corrected chi connectivity index (χ2v) is 41.5. The van der Waals surface area contributed by atoms with Gasteiger partial charge in [0.15, 0.2) is 0 Å². The second-order valence-electron chi connectivity index (χ2n) is 39.8. The van der Waals surface area contributed by atoms with Crippen LogP contribution >= 0.6 is 7.82 Å². The van der Waals surface area contributed by atoms with Gasteiger partial charge in [0.05, 0.1) is 19.8 Å². The Bertz CT molecular complexity index is 2580. The van der Waals surface area contributed by atoms with Crippen molar-refractivity contribution in [3.63, 3.8) is 0 Å². The van der Waals surface area contributed by atoms with Crippen molar-refractivity contribution < 1.29 is 33.5 Å². The van der Waals surface area contributed by atoms with Gasteiger partial charge < -0.3 is 15.3 Å². The Kier molecular flexibility index (Phi) is 47.6. The van der Waals surface area contributed by atoms with Gasteiger partial charge in [-0.25, -0.2) is 4.57 Å². The Morgan fingerprint density at radius 2 is 0.393 bits per heavy atom. The van der Waals surface area contributed by atoms with Crippen LogP contribution in [0.5, 0.6) is 17.2 Å². The van der Waals surface area contributed by atoms with E-state index in [4.69, 9.17) is 13.6 Å². The zero-order valence-corrected chi connectivity index (χ0v) is 75.7. The number of phosphoric acid groups is 1. The summed E-state index contributed by atoms with van der Waals surface area (Å²) in [4.78, 5) is 0. The van der Waals surface area contributed by atoms with E-state index in [9.17, 15) is 15.3 Å². The third kappa shape index (κ3) is 38.7. The summed E-state index contributed by atoms with van der Waals surface area (Å²) in [6.07, 6.45) is 64.6. The topological polar surface area (TPSA) is 105 Å². The molecule has 3 rings (SSSR count). The van der Waals surface area contributed by atoms with Gasteiger partial charge in [0.25, 0.3) is 0 Å². The Morgan fingerprint density at radius 3 is 0.533 bits per heavy atom. The van der Waals surface area contributed by atoms with Gasteiger partial charge in [-0.3, -0.25) is 13.6 Å². The van der Waals surface area contributed by atoms with E-state index in [0.29, 0.717) is 17.2 Å². The molecule has 0 aromatic heterocycles. The highest BCUT2D eigenvalue weighted by Gasteiger charge is 2.37. The molecule has 0 radical (unpaired) electrons. The molecule has 0 saturated heterocycles. The summed E-state index contributed by atoms with van der Waals surface area (Å²) in [6, 6.07) is 6.37. The maximum atomic E-state index is 16.7. The Balaban J connectivity index is 2.11. The number of rotatable bonds is 60. The Morgan fingerprint density at radius 1 is 0.243 bits per heavy atom. The SMILES string of the molecule is CCCCCCCCCCCCCCCCCCc1c(COP(=O)(OCc2cc(C(C)(C)C)c(O)c(C(C)(C)C)c2CCCCCCCCCCCCCCCCCC)OCc2cc(C(C)(C)C)c(O)c(C(C)(C)C)c2CCCCCCCCCCCCCCCCCC)cc(C(C)(C)C)c(O)c1C(C)(C)C. The Labute approximate surface area is 664 Å². The van der Waals surface area contributed by atoms with Gasteiger partial charge in [-0.2, -0.15) is 0 Å². The lowest BCUT2D eigenvalue weighted by atomic mass is 9.75. The molecule has 0 aliphatic rings. The quantitative estimate of drug-likeness (QED) is 0.0382. The van der Waals surface area contributed by atoms with Crippen molar-refractivity contribution in [2.75, 3.05) is 0 Å². The van der Waals surface area contributed by atoms with E-state index < -0.39 is 40.3 Å². The molecule has 0 spiro atoms. The fourth-order valence-corrected chi connectivity index (χ4v) is 17.9. The van der Waals surface area contributed by atoms with Crippen LogP contribution in [-0.2, 0) is 89.7 Å². The molecule has 0 atom stereocenters. The Hall–Kier alpha value is -2.83. The van der Waals surface area contributed by atoms with Gasteiger partial charge >= 0.3 is 7.82 Å². The third-order valence-electron chi connectivity index (χ3n) is 23.1. The van der Waals surface area contributed by atoms with E-state index in [1.165, 1.54) is 270 Å². The van der Waals surface area contributed by atoms with Crippen molar-refractivity contribution in [2.45, 2.75) is 525 Å². The number of hydrogen-bond donors (Lipinski definition) is 3. The number of unbranched alkanes of at least 4 members (excludes halogenated alkanes) is 45. The van der Waals surface area contributed by atoms with Crippen LogP contribution in [0.15, 0.2) is 18.2 Å². The fourth-order valence-electron chi connectivity index (χ4n) is 16.8. The van der Waals surface area contributed by atoms with Gasteiger partial charge in [0.2, 0.25) is 0 Å². The highest BCUT2D eigenvalue weighted by molar-refractivity contribution is 7.48. The third-order valence-corrected chi connectivity index (χ3v) is 24.5. The van der Waals surface area contributed by atoms with Crippen LogP contribution in [0.1, 0.15) is 520 Å². The summed E-state index contributed by atoms with van der Waals surface area (Å²) in [5.41, 5.74) is 8.78. The largest absolute Gasteiger partial charge is 0.507 e. The summed E-state index contributed by atoms with van der Waals surface area (Å²) >= 11 is 0. The molecule has 107 heavy (non-hydrogen) atoms. The average molecular weight is 1510 g/mol. The molecule has 7 nitrogen and oxygen atoms in total. The first-order valence-corrected chi connectivity index (χ1v) is 47.2. The molecule has 0 amide bonds. The monoisotopic (exact) mass is 1510 g/mol. The summed E-state index contributed by atoms with van der Waals surface area (Å²) in [6.45, 7) is 46.0. The lowest BCUT2D eigenvalue weighted by Crippen LogP contribution is -2.22. The minimum absolute atomic E-state index is 0.0396. The predicted octanol–water partition coefficient (Wildman–Crippen LogP) is 33.1. The zero-order valence-electron chi connectivity index (χ0n) is 74.8. The lowest BCUT2D eigenvalue weighted by molar-refractivity contribution is 0.0971. The second kappa shape index (κ2) is 51.8. The van der Waals surface area contributed by atoms with Crippen LogP contribution in [0.25, 0.3) is 0 Å². The molecule has 3 N–H and O–H groups in total. The van der Waals surface area contributed by atoms with Gasteiger partial charge in [-0.05, 0) is 139 Å². The molecule has 0 aliphatic carbocycles. The molecule has 0 aliphatic heterocycles. The van der Waals surface area contributed by atoms with E-state index >= 15 is 4.57 Å². The lowest BCUT2D eigenvalue weighted by Gasteiger charge is -2.33. The van der Waals surface area contributed by atoms with Gasteiger partial charge in [-0.15, -0.1) is 0 Å². The van der Waals surface area contributed by atoms with E-state index in [1.54, 1.807) is 0 Å². The van der Waals surface area contributed by atoms with E-state index in [1.807, 2.05) is 0 Å². The van der Waals surface area contributed by atoms with Crippen LogP contribution in [0.3, 0.4) is 0 Å².